The summed E-state index contributed by atoms with van der Waals surface area (Å²) < 4.78 is 24.7. The van der Waals surface area contributed by atoms with Crippen molar-refractivity contribution in [2.45, 2.75) is 31.9 Å². The lowest BCUT2D eigenvalue weighted by Gasteiger charge is -2.34. The SMILES string of the molecule is COc1cc2ncnc(Nc3ccc(F)c(Cl)c3)c2cc1CC(O)N1CCC2(CCOCC2)C1. The monoisotopic (exact) mass is 486 g/mol. The Morgan fingerprint density at radius 2 is 2.06 bits per heavy atom. The molecule has 0 saturated carbocycles. The molecule has 1 aromatic heterocycles. The zero-order chi connectivity index (χ0) is 23.7. The molecular weight excluding hydrogens is 459 g/mol. The van der Waals surface area contributed by atoms with Gasteiger partial charge in [0, 0.05) is 49.9 Å². The van der Waals surface area contributed by atoms with Gasteiger partial charge >= 0.3 is 0 Å². The average Bonchev–Trinajstić information content (AvgIpc) is 3.25. The first-order valence-corrected chi connectivity index (χ1v) is 11.9. The molecule has 7 nitrogen and oxygen atoms in total. The van der Waals surface area contributed by atoms with Crippen LogP contribution in [-0.2, 0) is 11.2 Å². The smallest absolute Gasteiger partial charge is 0.141 e. The van der Waals surface area contributed by atoms with Gasteiger partial charge in [-0.05, 0) is 54.5 Å². The Morgan fingerprint density at radius 1 is 1.24 bits per heavy atom. The van der Waals surface area contributed by atoms with Gasteiger partial charge in [-0.15, -0.1) is 0 Å². The maximum atomic E-state index is 13.6. The lowest BCUT2D eigenvalue weighted by atomic mass is 9.80. The van der Waals surface area contributed by atoms with Crippen LogP contribution in [0.4, 0.5) is 15.9 Å². The van der Waals surface area contributed by atoms with Crippen molar-refractivity contribution in [1.82, 2.24) is 14.9 Å². The van der Waals surface area contributed by atoms with Crippen LogP contribution in [0.5, 0.6) is 5.75 Å². The highest BCUT2D eigenvalue weighted by Gasteiger charge is 2.41. The van der Waals surface area contributed by atoms with Gasteiger partial charge < -0.3 is 19.9 Å². The quantitative estimate of drug-likeness (QED) is 0.529. The molecule has 5 rings (SSSR count). The molecule has 2 aromatic carbocycles. The number of aromatic nitrogens is 2. The molecular formula is C25H28ClFN4O3. The average molecular weight is 487 g/mol. The van der Waals surface area contributed by atoms with Gasteiger partial charge in [0.05, 0.1) is 17.6 Å². The van der Waals surface area contributed by atoms with E-state index >= 15 is 0 Å². The molecule has 2 N–H and O–H groups in total. The maximum Gasteiger partial charge on any atom is 0.141 e. The molecule has 180 valence electrons. The minimum atomic E-state index is -0.620. The number of nitrogens with one attached hydrogen (secondary N) is 1. The number of anilines is 2. The Bertz CT molecular complexity index is 1190. The second kappa shape index (κ2) is 9.62. The van der Waals surface area contributed by atoms with E-state index in [1.54, 1.807) is 13.2 Å². The lowest BCUT2D eigenvalue weighted by molar-refractivity contribution is -0.0123. The van der Waals surface area contributed by atoms with Crippen LogP contribution in [0.15, 0.2) is 36.7 Å². The first-order chi connectivity index (χ1) is 16.5. The number of hydrogen-bond donors (Lipinski definition) is 2. The third-order valence-electron chi connectivity index (χ3n) is 7.07. The van der Waals surface area contributed by atoms with Crippen molar-refractivity contribution in [3.05, 3.63) is 53.1 Å². The molecule has 0 radical (unpaired) electrons. The Hall–Kier alpha value is -2.52. The molecule has 1 spiro atoms. The number of benzene rings is 2. The predicted octanol–water partition coefficient (Wildman–Crippen LogP) is 4.54. The number of likely N-dealkylation sites (tertiary alicyclic amines) is 1. The van der Waals surface area contributed by atoms with Crippen molar-refractivity contribution in [1.29, 1.82) is 0 Å². The van der Waals surface area contributed by atoms with Gasteiger partial charge in [0.1, 0.15) is 29.9 Å². The molecule has 2 aliphatic heterocycles. The predicted molar refractivity (Wildman–Crippen MR) is 129 cm³/mol. The van der Waals surface area contributed by atoms with Gasteiger partial charge in [-0.2, -0.15) is 0 Å². The van der Waals surface area contributed by atoms with E-state index in [1.165, 1.54) is 18.5 Å². The Labute approximate surface area is 202 Å². The number of ether oxygens (including phenoxy) is 2. The van der Waals surface area contributed by atoms with Crippen molar-refractivity contribution in [3.8, 4) is 5.75 Å². The fraction of sp³-hybridized carbons (Fsp3) is 0.440. The van der Waals surface area contributed by atoms with Gasteiger partial charge in [0.25, 0.3) is 0 Å². The summed E-state index contributed by atoms with van der Waals surface area (Å²) in [5.41, 5.74) is 2.44. The molecule has 34 heavy (non-hydrogen) atoms. The number of hydrogen-bond acceptors (Lipinski definition) is 7. The molecule has 0 amide bonds. The molecule has 3 aromatic rings. The number of rotatable bonds is 6. The zero-order valence-electron chi connectivity index (χ0n) is 19.1. The zero-order valence-corrected chi connectivity index (χ0v) is 19.8. The van der Waals surface area contributed by atoms with E-state index in [1.807, 2.05) is 12.1 Å². The van der Waals surface area contributed by atoms with Crippen molar-refractivity contribution in [2.75, 3.05) is 38.7 Å². The highest BCUT2D eigenvalue weighted by atomic mass is 35.5. The molecule has 2 saturated heterocycles. The highest BCUT2D eigenvalue weighted by Crippen LogP contribution is 2.41. The summed E-state index contributed by atoms with van der Waals surface area (Å²) in [4.78, 5) is 10.9. The van der Waals surface area contributed by atoms with Gasteiger partial charge in [0.2, 0.25) is 0 Å². The van der Waals surface area contributed by atoms with Crippen LogP contribution in [0.2, 0.25) is 5.02 Å². The Balaban J connectivity index is 1.40. The minimum absolute atomic E-state index is 0.0294. The summed E-state index contributed by atoms with van der Waals surface area (Å²) in [6.45, 7) is 3.36. The molecule has 1 unspecified atom stereocenters. The van der Waals surface area contributed by atoms with Crippen molar-refractivity contribution < 1.29 is 19.0 Å². The van der Waals surface area contributed by atoms with E-state index in [0.717, 1.165) is 56.5 Å². The van der Waals surface area contributed by atoms with Crippen LogP contribution in [0.1, 0.15) is 24.8 Å². The summed E-state index contributed by atoms with van der Waals surface area (Å²) in [7, 11) is 1.62. The van der Waals surface area contributed by atoms with E-state index in [2.05, 4.69) is 20.2 Å². The van der Waals surface area contributed by atoms with Crippen molar-refractivity contribution in [3.63, 3.8) is 0 Å². The van der Waals surface area contributed by atoms with Crippen LogP contribution in [-0.4, -0.2) is 59.6 Å². The van der Waals surface area contributed by atoms with Gasteiger partial charge in [-0.25, -0.2) is 14.4 Å². The fourth-order valence-electron chi connectivity index (χ4n) is 5.05. The molecule has 3 heterocycles. The van der Waals surface area contributed by atoms with E-state index in [0.29, 0.717) is 29.2 Å². The third kappa shape index (κ3) is 4.68. The Morgan fingerprint density at radius 3 is 2.82 bits per heavy atom. The van der Waals surface area contributed by atoms with E-state index in [9.17, 15) is 9.50 Å². The maximum absolute atomic E-state index is 13.6. The van der Waals surface area contributed by atoms with E-state index < -0.39 is 12.0 Å². The molecule has 1 atom stereocenters. The molecule has 9 heteroatoms. The summed E-state index contributed by atoms with van der Waals surface area (Å²) >= 11 is 5.93. The lowest BCUT2D eigenvalue weighted by Crippen LogP contribution is -2.38. The summed E-state index contributed by atoms with van der Waals surface area (Å²) in [6.07, 6.45) is 4.45. The standard InChI is InChI=1S/C25H28ClFN4O3/c1-33-22-13-21-18(24(29-15-28-21)30-17-2-3-20(27)19(26)12-17)10-16(22)11-23(32)31-7-4-25(14-31)5-8-34-9-6-25/h2-3,10,12-13,15,23,32H,4-9,11,14H2,1H3,(H,28,29,30). The summed E-state index contributed by atoms with van der Waals surface area (Å²) in [6, 6.07) is 8.22. The van der Waals surface area contributed by atoms with E-state index in [-0.39, 0.29) is 10.4 Å². The second-order valence-electron chi connectivity index (χ2n) is 9.17. The van der Waals surface area contributed by atoms with E-state index in [4.69, 9.17) is 21.1 Å². The summed E-state index contributed by atoms with van der Waals surface area (Å²) in [5, 5.41) is 15.1. The summed E-state index contributed by atoms with van der Waals surface area (Å²) in [5.74, 6) is 0.750. The number of nitrogens with zero attached hydrogens (tertiary/aromatic N) is 3. The number of aliphatic hydroxyl groups excluding tert-OH is 1. The topological polar surface area (TPSA) is 79.7 Å². The normalized spacial score (nSPS) is 18.9. The molecule has 2 fully saturated rings. The van der Waals surface area contributed by atoms with Crippen molar-refractivity contribution >= 4 is 34.0 Å². The van der Waals surface area contributed by atoms with Crippen LogP contribution in [0.3, 0.4) is 0 Å². The molecule has 2 aliphatic rings. The number of fused-ring (bicyclic) bond motifs is 1. The second-order valence-corrected chi connectivity index (χ2v) is 9.58. The van der Waals surface area contributed by atoms with Crippen LogP contribution < -0.4 is 10.1 Å². The van der Waals surface area contributed by atoms with Gasteiger partial charge in [-0.3, -0.25) is 4.90 Å². The largest absolute Gasteiger partial charge is 0.496 e. The first kappa shape index (κ1) is 23.2. The minimum Gasteiger partial charge on any atom is -0.496 e. The molecule has 0 bridgehead atoms. The number of halogens is 2. The fourth-order valence-corrected chi connectivity index (χ4v) is 5.23. The number of aliphatic hydroxyl groups is 1. The van der Waals surface area contributed by atoms with Gasteiger partial charge in [-0.1, -0.05) is 11.6 Å². The molecule has 0 aliphatic carbocycles. The third-order valence-corrected chi connectivity index (χ3v) is 7.35. The van der Waals surface area contributed by atoms with Gasteiger partial charge in [0.15, 0.2) is 0 Å². The van der Waals surface area contributed by atoms with Crippen LogP contribution in [0.25, 0.3) is 10.9 Å². The van der Waals surface area contributed by atoms with Crippen LogP contribution in [0, 0.1) is 11.2 Å². The van der Waals surface area contributed by atoms with Crippen molar-refractivity contribution in [2.24, 2.45) is 5.41 Å². The Kier molecular flexibility index (Phi) is 6.57. The number of methoxy groups -OCH3 is 1. The first-order valence-electron chi connectivity index (χ1n) is 11.5. The van der Waals surface area contributed by atoms with Crippen LogP contribution >= 0.6 is 11.6 Å². The highest BCUT2D eigenvalue weighted by molar-refractivity contribution is 6.31.